The maximum Gasteiger partial charge on any atom is 0.251 e. The molecular weight excluding hydrogens is 371 g/mol. The highest BCUT2D eigenvalue weighted by Crippen LogP contribution is 2.21. The van der Waals surface area contributed by atoms with E-state index in [1.807, 2.05) is 24.3 Å². The van der Waals surface area contributed by atoms with Gasteiger partial charge in [-0.3, -0.25) is 9.59 Å². The van der Waals surface area contributed by atoms with Crippen LogP contribution in [0.4, 0.5) is 4.39 Å². The molecular formula is C23H21FN2O3. The van der Waals surface area contributed by atoms with Crippen LogP contribution in [-0.2, 0) is 17.9 Å². The minimum absolute atomic E-state index is 0.0964. The van der Waals surface area contributed by atoms with Crippen LogP contribution in [-0.4, -0.2) is 11.8 Å². The van der Waals surface area contributed by atoms with Crippen LogP contribution in [0.5, 0.6) is 11.5 Å². The van der Waals surface area contributed by atoms with Gasteiger partial charge < -0.3 is 15.4 Å². The van der Waals surface area contributed by atoms with Gasteiger partial charge in [0.2, 0.25) is 5.91 Å². The third-order valence-corrected chi connectivity index (χ3v) is 4.18. The lowest BCUT2D eigenvalue weighted by atomic mass is 10.1. The second kappa shape index (κ2) is 9.50. The molecule has 0 aliphatic rings. The van der Waals surface area contributed by atoms with E-state index in [0.717, 1.165) is 11.1 Å². The van der Waals surface area contributed by atoms with Crippen molar-refractivity contribution in [2.75, 3.05) is 0 Å². The summed E-state index contributed by atoms with van der Waals surface area (Å²) in [6.45, 7) is 2.27. The summed E-state index contributed by atoms with van der Waals surface area (Å²) in [6, 6.07) is 20.2. The Balaban J connectivity index is 1.50. The lowest BCUT2D eigenvalue weighted by Crippen LogP contribution is -2.23. The fraction of sp³-hybridized carbons (Fsp3) is 0.130. The number of amides is 2. The van der Waals surface area contributed by atoms with E-state index in [1.54, 1.807) is 36.4 Å². The number of ether oxygens (including phenoxy) is 1. The van der Waals surface area contributed by atoms with Gasteiger partial charge in [-0.05, 0) is 59.7 Å². The Morgan fingerprint density at radius 2 is 1.24 bits per heavy atom. The summed E-state index contributed by atoms with van der Waals surface area (Å²) in [5.74, 6) is 0.588. The Morgan fingerprint density at radius 1 is 0.759 bits per heavy atom. The maximum absolute atomic E-state index is 12.9. The molecule has 3 aromatic carbocycles. The minimum atomic E-state index is -0.314. The summed E-state index contributed by atoms with van der Waals surface area (Å²) < 4.78 is 18.6. The molecule has 0 saturated carbocycles. The molecule has 6 heteroatoms. The molecule has 3 aromatic rings. The van der Waals surface area contributed by atoms with Crippen LogP contribution in [0.1, 0.15) is 28.4 Å². The highest BCUT2D eigenvalue weighted by Gasteiger charge is 2.06. The van der Waals surface area contributed by atoms with Gasteiger partial charge in [-0.1, -0.05) is 24.3 Å². The van der Waals surface area contributed by atoms with E-state index in [4.69, 9.17) is 4.74 Å². The van der Waals surface area contributed by atoms with Crippen LogP contribution in [0.3, 0.4) is 0 Å². The molecule has 0 aliphatic carbocycles. The predicted octanol–water partition coefficient (Wildman–Crippen LogP) is 4.18. The predicted molar refractivity (Wildman–Crippen MR) is 108 cm³/mol. The number of nitrogens with one attached hydrogen (secondary N) is 2. The molecule has 0 atom stereocenters. The summed E-state index contributed by atoms with van der Waals surface area (Å²) in [5.41, 5.74) is 2.40. The van der Waals surface area contributed by atoms with Gasteiger partial charge in [-0.25, -0.2) is 4.39 Å². The Labute approximate surface area is 168 Å². The normalized spacial score (nSPS) is 10.3. The van der Waals surface area contributed by atoms with Gasteiger partial charge in [-0.2, -0.15) is 0 Å². The van der Waals surface area contributed by atoms with Crippen molar-refractivity contribution in [3.63, 3.8) is 0 Å². The van der Waals surface area contributed by atoms with Gasteiger partial charge in [0.25, 0.3) is 5.91 Å². The molecule has 2 amide bonds. The topological polar surface area (TPSA) is 67.4 Å². The average molecular weight is 392 g/mol. The molecule has 0 fully saturated rings. The van der Waals surface area contributed by atoms with Gasteiger partial charge in [0.15, 0.2) is 0 Å². The summed E-state index contributed by atoms with van der Waals surface area (Å²) in [7, 11) is 0. The largest absolute Gasteiger partial charge is 0.457 e. The lowest BCUT2D eigenvalue weighted by Gasteiger charge is -2.09. The number of hydrogen-bond acceptors (Lipinski definition) is 3. The molecule has 0 aromatic heterocycles. The van der Waals surface area contributed by atoms with Gasteiger partial charge in [0.05, 0.1) is 0 Å². The van der Waals surface area contributed by atoms with Gasteiger partial charge in [0.1, 0.15) is 17.3 Å². The van der Waals surface area contributed by atoms with Crippen molar-refractivity contribution in [3.8, 4) is 11.5 Å². The van der Waals surface area contributed by atoms with E-state index in [9.17, 15) is 14.0 Å². The van der Waals surface area contributed by atoms with Crippen LogP contribution in [0.25, 0.3) is 0 Å². The quantitative estimate of drug-likeness (QED) is 0.634. The van der Waals surface area contributed by atoms with E-state index >= 15 is 0 Å². The van der Waals surface area contributed by atoms with E-state index in [0.29, 0.717) is 30.2 Å². The maximum atomic E-state index is 12.9. The smallest absolute Gasteiger partial charge is 0.251 e. The third kappa shape index (κ3) is 6.17. The van der Waals surface area contributed by atoms with E-state index in [1.165, 1.54) is 19.1 Å². The Bertz CT molecular complexity index is 969. The number of carbonyl (C=O) groups excluding carboxylic acids is 2. The molecule has 0 unspecified atom stereocenters. The molecule has 0 spiro atoms. The number of benzene rings is 3. The van der Waals surface area contributed by atoms with Crippen molar-refractivity contribution in [1.29, 1.82) is 0 Å². The van der Waals surface area contributed by atoms with E-state index in [2.05, 4.69) is 10.6 Å². The fourth-order valence-electron chi connectivity index (χ4n) is 2.60. The SMILES string of the molecule is CC(=O)NCc1ccc(C(=O)NCc2ccc(Oc3ccc(F)cc3)cc2)cc1. The molecule has 0 heterocycles. The van der Waals surface area contributed by atoms with E-state index in [-0.39, 0.29) is 17.6 Å². The molecule has 148 valence electrons. The first-order valence-corrected chi connectivity index (χ1v) is 9.13. The second-order valence-corrected chi connectivity index (χ2v) is 6.49. The highest BCUT2D eigenvalue weighted by atomic mass is 19.1. The summed E-state index contributed by atoms with van der Waals surface area (Å²) in [6.07, 6.45) is 0. The molecule has 2 N–H and O–H groups in total. The van der Waals surface area contributed by atoms with Crippen molar-refractivity contribution in [3.05, 3.63) is 95.3 Å². The summed E-state index contributed by atoms with van der Waals surface area (Å²) in [4.78, 5) is 23.2. The second-order valence-electron chi connectivity index (χ2n) is 6.49. The Hall–Kier alpha value is -3.67. The highest BCUT2D eigenvalue weighted by molar-refractivity contribution is 5.94. The van der Waals surface area contributed by atoms with Crippen molar-refractivity contribution >= 4 is 11.8 Å². The van der Waals surface area contributed by atoms with E-state index < -0.39 is 0 Å². The Kier molecular flexibility index (Phi) is 6.58. The minimum Gasteiger partial charge on any atom is -0.457 e. The number of carbonyl (C=O) groups is 2. The van der Waals surface area contributed by atoms with Crippen LogP contribution >= 0.6 is 0 Å². The molecule has 0 bridgehead atoms. The van der Waals surface area contributed by atoms with Crippen LogP contribution in [0.15, 0.2) is 72.8 Å². The monoisotopic (exact) mass is 392 g/mol. The van der Waals surface area contributed by atoms with Crippen molar-refractivity contribution in [2.24, 2.45) is 0 Å². The fourth-order valence-corrected chi connectivity index (χ4v) is 2.60. The summed E-state index contributed by atoms with van der Waals surface area (Å²) in [5, 5.41) is 5.58. The number of halogens is 1. The number of rotatable bonds is 7. The third-order valence-electron chi connectivity index (χ3n) is 4.18. The molecule has 0 saturated heterocycles. The Morgan fingerprint density at radius 3 is 1.79 bits per heavy atom. The first-order chi connectivity index (χ1) is 14.0. The molecule has 0 radical (unpaired) electrons. The van der Waals surface area contributed by atoms with Crippen LogP contribution < -0.4 is 15.4 Å². The van der Waals surface area contributed by atoms with Crippen molar-refractivity contribution < 1.29 is 18.7 Å². The van der Waals surface area contributed by atoms with Gasteiger partial charge in [0, 0.05) is 25.6 Å². The van der Waals surface area contributed by atoms with Gasteiger partial charge >= 0.3 is 0 Å². The molecule has 3 rings (SSSR count). The van der Waals surface area contributed by atoms with Crippen LogP contribution in [0.2, 0.25) is 0 Å². The zero-order valence-electron chi connectivity index (χ0n) is 15.9. The molecule has 0 aliphatic heterocycles. The molecule has 29 heavy (non-hydrogen) atoms. The number of hydrogen-bond donors (Lipinski definition) is 2. The lowest BCUT2D eigenvalue weighted by molar-refractivity contribution is -0.119. The zero-order valence-corrected chi connectivity index (χ0v) is 15.9. The standard InChI is InChI=1S/C23H21FN2O3/c1-16(27)25-14-17-2-6-19(7-3-17)23(28)26-15-18-4-10-21(11-5-18)29-22-12-8-20(24)9-13-22/h2-13H,14-15H2,1H3,(H,25,27)(H,26,28). The van der Waals surface area contributed by atoms with Crippen molar-refractivity contribution in [2.45, 2.75) is 20.0 Å². The molecule has 5 nitrogen and oxygen atoms in total. The summed E-state index contributed by atoms with van der Waals surface area (Å²) >= 11 is 0. The first-order valence-electron chi connectivity index (χ1n) is 9.13. The average Bonchev–Trinajstić information content (AvgIpc) is 2.73. The van der Waals surface area contributed by atoms with Crippen molar-refractivity contribution in [1.82, 2.24) is 10.6 Å². The zero-order chi connectivity index (χ0) is 20.6. The first kappa shape index (κ1) is 20.1. The van der Waals surface area contributed by atoms with Gasteiger partial charge in [-0.15, -0.1) is 0 Å². The van der Waals surface area contributed by atoms with Crippen LogP contribution in [0, 0.1) is 5.82 Å².